The molecule has 0 saturated heterocycles. The number of carbonyl (C=O) groups is 5. The second-order valence-corrected chi connectivity index (χ2v) is 13.1. The molecule has 0 aliphatic heterocycles. The van der Waals surface area contributed by atoms with Gasteiger partial charge in [0.05, 0.1) is 6.61 Å². The molecule has 11 N–H and O–H groups in total. The van der Waals surface area contributed by atoms with Gasteiger partial charge < -0.3 is 43.2 Å². The molecule has 0 unspecified atom stereocenters. The average Bonchev–Trinajstić information content (AvgIpc) is 3.55. The summed E-state index contributed by atoms with van der Waals surface area (Å²) < 4.78 is 0. The van der Waals surface area contributed by atoms with Crippen molar-refractivity contribution in [3.63, 3.8) is 0 Å². The Morgan fingerprint density at radius 3 is 2.24 bits per heavy atom. The molecule has 0 bridgehead atoms. The lowest BCUT2D eigenvalue weighted by Crippen LogP contribution is -2.59. The quantitative estimate of drug-likeness (QED) is 0.0352. The topological polar surface area (TPSA) is 257 Å². The number of aromatic nitrogens is 1. The SMILES string of the molecule is CC(=O)N[C@@H](CO)C(=O)N[C@@H](CCCCN)C(=O)N[C@@H](Cc1ccccc1)C(=O)N[Si](CCCN=C(N)N)C(=O)c1nccs1. The van der Waals surface area contributed by atoms with E-state index >= 15 is 0 Å². The van der Waals surface area contributed by atoms with Gasteiger partial charge in [-0.1, -0.05) is 30.3 Å². The summed E-state index contributed by atoms with van der Waals surface area (Å²) in [6.45, 7) is 1.15. The molecule has 0 aliphatic carbocycles. The van der Waals surface area contributed by atoms with Gasteiger partial charge >= 0.3 is 0 Å². The molecule has 0 spiro atoms. The summed E-state index contributed by atoms with van der Waals surface area (Å²) in [6.07, 6.45) is 3.28. The maximum Gasteiger partial charge on any atom is 0.261 e. The van der Waals surface area contributed by atoms with E-state index in [0.717, 1.165) is 16.9 Å². The van der Waals surface area contributed by atoms with Crippen molar-refractivity contribution in [1.82, 2.24) is 25.9 Å². The number of nitrogens with zero attached hydrogens (tertiary/aromatic N) is 2. The Morgan fingerprint density at radius 1 is 0.956 bits per heavy atom. The fourth-order valence-electron chi connectivity index (χ4n) is 4.20. The molecule has 45 heavy (non-hydrogen) atoms. The molecule has 1 radical (unpaired) electrons. The fourth-order valence-corrected chi connectivity index (χ4v) is 7.00. The van der Waals surface area contributed by atoms with Crippen molar-refractivity contribution in [2.75, 3.05) is 19.7 Å². The van der Waals surface area contributed by atoms with Gasteiger partial charge in [-0.25, -0.2) is 4.98 Å². The molecule has 15 nitrogen and oxygen atoms in total. The lowest BCUT2D eigenvalue weighted by atomic mass is 10.0. The van der Waals surface area contributed by atoms with Crippen LogP contribution in [0.4, 0.5) is 0 Å². The maximum absolute atomic E-state index is 13.8. The van der Waals surface area contributed by atoms with E-state index in [0.29, 0.717) is 31.9 Å². The van der Waals surface area contributed by atoms with Crippen LogP contribution in [-0.4, -0.2) is 91.9 Å². The Bertz CT molecular complexity index is 1280. The molecule has 245 valence electrons. The second-order valence-electron chi connectivity index (χ2n) is 10.1. The summed E-state index contributed by atoms with van der Waals surface area (Å²) in [7, 11) is -2.24. The van der Waals surface area contributed by atoms with Crippen LogP contribution in [0.15, 0.2) is 46.9 Å². The van der Waals surface area contributed by atoms with Crippen LogP contribution < -0.4 is 38.1 Å². The monoisotopic (exact) mass is 660 g/mol. The Morgan fingerprint density at radius 2 is 1.64 bits per heavy atom. The standard InChI is InChI=1S/C28H42N9O6SSi/c1-18(39)34-22(17-38)24(41)35-20(10-5-6-11-29)23(40)36-21(16-19-8-3-2-4-9-19)25(42)37-45(15-7-12-33-28(30)31)27(43)26-32-13-14-44-26/h2-4,8-9,13-14,20-22,38H,5-7,10-12,15-17,29H2,1H3,(H,34,39)(H,35,41)(H,36,40)(H,37,42)(H4,30,31,33)/t20-,21-,22-/m0/s1. The van der Waals surface area contributed by atoms with Crippen LogP contribution in [0.1, 0.15) is 48.0 Å². The highest BCUT2D eigenvalue weighted by Crippen LogP contribution is 2.12. The van der Waals surface area contributed by atoms with Crippen molar-refractivity contribution in [3.8, 4) is 0 Å². The van der Waals surface area contributed by atoms with Gasteiger partial charge in [0.2, 0.25) is 23.6 Å². The van der Waals surface area contributed by atoms with Crippen molar-refractivity contribution in [2.24, 2.45) is 22.2 Å². The molecule has 3 atom stereocenters. The predicted octanol–water partition coefficient (Wildman–Crippen LogP) is -1.53. The highest BCUT2D eigenvalue weighted by Gasteiger charge is 2.33. The third kappa shape index (κ3) is 13.5. The summed E-state index contributed by atoms with van der Waals surface area (Å²) in [4.78, 5) is 75.9. The Hall–Kier alpha value is -4.19. The second kappa shape index (κ2) is 20.0. The number of guanidine groups is 1. The van der Waals surface area contributed by atoms with E-state index in [4.69, 9.17) is 17.2 Å². The molecule has 0 aliphatic rings. The zero-order valence-corrected chi connectivity index (χ0v) is 27.0. The summed E-state index contributed by atoms with van der Waals surface area (Å²) in [5, 5.41) is 18.9. The number of thiazole rings is 1. The van der Waals surface area contributed by atoms with Gasteiger partial charge in [0, 0.05) is 31.5 Å². The molecule has 17 heteroatoms. The zero-order valence-electron chi connectivity index (χ0n) is 25.2. The van der Waals surface area contributed by atoms with Gasteiger partial charge in [0.1, 0.15) is 18.1 Å². The third-order valence-electron chi connectivity index (χ3n) is 6.43. The van der Waals surface area contributed by atoms with Crippen molar-refractivity contribution >= 4 is 55.3 Å². The number of aliphatic hydroxyl groups excluding tert-OH is 1. The smallest absolute Gasteiger partial charge is 0.261 e. The van der Waals surface area contributed by atoms with E-state index in [1.807, 2.05) is 6.07 Å². The minimum absolute atomic E-state index is 0.0832. The summed E-state index contributed by atoms with van der Waals surface area (Å²) in [5.74, 6) is -2.60. The number of carbonyl (C=O) groups excluding carboxylic acids is 5. The van der Waals surface area contributed by atoms with E-state index in [-0.39, 0.29) is 35.8 Å². The fraction of sp³-hybridized carbons (Fsp3) is 0.464. The molecule has 2 aromatic rings. The number of amides is 4. The van der Waals surface area contributed by atoms with Crippen LogP contribution in [0.25, 0.3) is 0 Å². The first-order valence-electron chi connectivity index (χ1n) is 14.4. The van der Waals surface area contributed by atoms with E-state index in [2.05, 4.69) is 30.9 Å². The van der Waals surface area contributed by atoms with Crippen LogP contribution in [0.5, 0.6) is 0 Å². The first-order chi connectivity index (χ1) is 21.5. The number of aliphatic imine (C=N–C) groups is 1. The highest BCUT2D eigenvalue weighted by atomic mass is 32.1. The number of hydrogen-bond donors (Lipinski definition) is 8. The first-order valence-corrected chi connectivity index (χ1v) is 17.0. The molecule has 0 saturated carbocycles. The Kier molecular flexibility index (Phi) is 16.4. The van der Waals surface area contributed by atoms with Crippen LogP contribution in [-0.2, 0) is 25.6 Å². The highest BCUT2D eigenvalue weighted by molar-refractivity contribution is 7.15. The molecule has 1 aromatic heterocycles. The van der Waals surface area contributed by atoms with Crippen LogP contribution >= 0.6 is 11.3 Å². The minimum Gasteiger partial charge on any atom is -0.394 e. The van der Waals surface area contributed by atoms with Gasteiger partial charge in [-0.3, -0.25) is 29.0 Å². The maximum atomic E-state index is 13.8. The number of hydrogen-bond acceptors (Lipinski definition) is 10. The number of aliphatic hydroxyl groups is 1. The summed E-state index contributed by atoms with van der Waals surface area (Å²) in [6, 6.07) is 5.84. The van der Waals surface area contributed by atoms with Crippen molar-refractivity contribution in [2.45, 2.75) is 63.2 Å². The molecule has 0 fully saturated rings. The molecule has 1 aromatic carbocycles. The predicted molar refractivity (Wildman–Crippen MR) is 172 cm³/mol. The number of nitrogens with two attached hydrogens (primary N) is 3. The molecule has 2 rings (SSSR count). The van der Waals surface area contributed by atoms with E-state index in [1.54, 1.807) is 29.6 Å². The zero-order chi connectivity index (χ0) is 33.2. The summed E-state index contributed by atoms with van der Waals surface area (Å²) in [5.41, 5.74) is 17.2. The Labute approximate surface area is 267 Å². The molecular formula is C28H42N9O6SSi. The van der Waals surface area contributed by atoms with Gasteiger partial charge in [0.15, 0.2) is 16.4 Å². The summed E-state index contributed by atoms with van der Waals surface area (Å²) >= 11 is 1.16. The average molecular weight is 661 g/mol. The third-order valence-corrected chi connectivity index (χ3v) is 9.57. The normalized spacial score (nSPS) is 12.8. The van der Waals surface area contributed by atoms with Gasteiger partial charge in [0.25, 0.3) is 8.96 Å². The van der Waals surface area contributed by atoms with Gasteiger partial charge in [-0.05, 0) is 43.8 Å². The van der Waals surface area contributed by atoms with E-state index < -0.39 is 57.3 Å². The first kappa shape index (κ1) is 37.0. The number of nitrogens with one attached hydrogen (secondary N) is 4. The number of rotatable bonds is 20. The number of unbranched alkanes of at least 4 members (excludes halogenated alkanes) is 1. The lowest BCUT2D eigenvalue weighted by molar-refractivity contribution is -0.134. The molecule has 4 amide bonds. The largest absolute Gasteiger partial charge is 0.394 e. The molecular weight excluding hydrogens is 619 g/mol. The van der Waals surface area contributed by atoms with Crippen molar-refractivity contribution in [1.29, 1.82) is 0 Å². The molecule has 1 heterocycles. The van der Waals surface area contributed by atoms with Crippen molar-refractivity contribution < 1.29 is 29.1 Å². The van der Waals surface area contributed by atoms with Gasteiger partial charge in [-0.15, -0.1) is 11.3 Å². The number of benzene rings is 1. The van der Waals surface area contributed by atoms with E-state index in [9.17, 15) is 29.1 Å². The van der Waals surface area contributed by atoms with Crippen molar-refractivity contribution in [3.05, 3.63) is 52.5 Å². The Balaban J connectivity index is 2.31. The van der Waals surface area contributed by atoms with Crippen LogP contribution in [0.3, 0.4) is 0 Å². The van der Waals surface area contributed by atoms with E-state index in [1.165, 1.54) is 13.1 Å². The van der Waals surface area contributed by atoms with Crippen LogP contribution in [0.2, 0.25) is 6.04 Å². The van der Waals surface area contributed by atoms with Gasteiger partial charge in [-0.2, -0.15) is 0 Å². The lowest BCUT2D eigenvalue weighted by Gasteiger charge is -2.26. The minimum atomic E-state index is -2.24. The van der Waals surface area contributed by atoms with Crippen LogP contribution in [0, 0.1) is 0 Å².